The van der Waals surface area contributed by atoms with Gasteiger partial charge in [0.15, 0.2) is 18.8 Å². The Kier molecular flexibility index (Phi) is 14.8. The Hall–Kier alpha value is -4.75. The SMILES string of the molecule is CCCc1nc(CN(C)C(=O)N[C@H](C(=O)N[C@@H](Cc2ccccc2)C[C@H](O)[C@H](Cc2ccccc2)NC(=O)OCc2cnco2)C(C)C)cs1. The maximum absolute atomic E-state index is 13.9. The van der Waals surface area contributed by atoms with Gasteiger partial charge in [-0.1, -0.05) is 81.4 Å². The van der Waals surface area contributed by atoms with Crippen molar-refractivity contribution in [3.8, 4) is 0 Å². The minimum Gasteiger partial charge on any atom is -0.445 e. The quantitative estimate of drug-likeness (QED) is 0.109. The molecule has 4 atom stereocenters. The zero-order valence-corrected chi connectivity index (χ0v) is 29.9. The van der Waals surface area contributed by atoms with Gasteiger partial charge in [-0.25, -0.2) is 19.6 Å². The fourth-order valence-electron chi connectivity index (χ4n) is 5.48. The van der Waals surface area contributed by atoms with Crippen LogP contribution in [0.2, 0.25) is 0 Å². The smallest absolute Gasteiger partial charge is 0.407 e. The largest absolute Gasteiger partial charge is 0.445 e. The van der Waals surface area contributed by atoms with Crippen molar-refractivity contribution in [1.29, 1.82) is 0 Å². The molecule has 4 rings (SSSR count). The molecule has 2 heterocycles. The lowest BCUT2D eigenvalue weighted by molar-refractivity contribution is -0.124. The monoisotopic (exact) mass is 704 g/mol. The summed E-state index contributed by atoms with van der Waals surface area (Å²) in [5, 5.41) is 23.4. The van der Waals surface area contributed by atoms with E-state index in [0.29, 0.717) is 25.1 Å². The summed E-state index contributed by atoms with van der Waals surface area (Å²) >= 11 is 1.58. The number of aryl methyl sites for hydroxylation is 1. The summed E-state index contributed by atoms with van der Waals surface area (Å²) in [6, 6.07) is 16.6. The molecule has 2 aromatic heterocycles. The number of benzene rings is 2. The molecule has 0 bridgehead atoms. The van der Waals surface area contributed by atoms with Crippen molar-refractivity contribution >= 4 is 29.4 Å². The van der Waals surface area contributed by atoms with E-state index >= 15 is 0 Å². The van der Waals surface area contributed by atoms with Crippen LogP contribution in [0.15, 0.2) is 83.1 Å². The number of rotatable bonds is 18. The van der Waals surface area contributed by atoms with E-state index < -0.39 is 30.3 Å². The summed E-state index contributed by atoms with van der Waals surface area (Å²) < 4.78 is 10.5. The van der Waals surface area contributed by atoms with Crippen molar-refractivity contribution in [3.05, 3.63) is 106 Å². The number of oxazole rings is 1. The molecule has 13 heteroatoms. The normalized spacial score (nSPS) is 13.6. The lowest BCUT2D eigenvalue weighted by atomic mass is 9.93. The Morgan fingerprint density at radius 3 is 2.28 bits per heavy atom. The van der Waals surface area contributed by atoms with Gasteiger partial charge in [-0.3, -0.25) is 4.79 Å². The second kappa shape index (κ2) is 19.4. The number of aromatic nitrogens is 2. The molecule has 50 heavy (non-hydrogen) atoms. The molecule has 0 spiro atoms. The minimum atomic E-state index is -1.07. The third-order valence-corrected chi connectivity index (χ3v) is 9.09. The molecule has 0 unspecified atom stereocenters. The van der Waals surface area contributed by atoms with Crippen LogP contribution >= 0.6 is 11.3 Å². The third-order valence-electron chi connectivity index (χ3n) is 8.13. The molecule has 4 N–H and O–H groups in total. The van der Waals surface area contributed by atoms with Crippen LogP contribution in [0.25, 0.3) is 0 Å². The van der Waals surface area contributed by atoms with Crippen molar-refractivity contribution in [1.82, 2.24) is 30.8 Å². The number of nitrogens with one attached hydrogen (secondary N) is 3. The molecule has 4 aromatic rings. The standard InChI is InChI=1S/C37H48N6O6S/c1-5-12-33-39-29(23-50-33)21-43(4)36(46)42-34(25(2)3)35(45)40-28(17-26-13-8-6-9-14-26)19-32(44)31(18-27-15-10-7-11-16-27)41-37(47)48-22-30-20-38-24-49-30/h6-11,13-16,20,23-25,28,31-32,34,44H,5,12,17-19,21-22H2,1-4H3,(H,40,45)(H,41,47)(H,42,46)/t28-,31-,32-,34-/m0/s1. The molecule has 0 saturated heterocycles. The molecular weight excluding hydrogens is 657 g/mol. The number of ether oxygens (including phenoxy) is 1. The number of nitrogens with zero attached hydrogens (tertiary/aromatic N) is 3. The number of aliphatic hydroxyl groups excluding tert-OH is 1. The first-order valence-corrected chi connectivity index (χ1v) is 17.8. The van der Waals surface area contributed by atoms with Crippen LogP contribution in [0.5, 0.6) is 0 Å². The van der Waals surface area contributed by atoms with Gasteiger partial charge in [0.1, 0.15) is 6.04 Å². The fraction of sp³-hybridized carbons (Fsp3) is 0.432. The number of aliphatic hydroxyl groups is 1. The van der Waals surface area contributed by atoms with Gasteiger partial charge in [0.2, 0.25) is 5.91 Å². The first kappa shape index (κ1) is 38.1. The summed E-state index contributed by atoms with van der Waals surface area (Å²) in [5.41, 5.74) is 2.67. The van der Waals surface area contributed by atoms with Gasteiger partial charge in [-0.05, 0) is 49.1 Å². The maximum atomic E-state index is 13.9. The predicted octanol–water partition coefficient (Wildman–Crippen LogP) is 5.27. The van der Waals surface area contributed by atoms with E-state index in [1.165, 1.54) is 17.5 Å². The second-order valence-electron chi connectivity index (χ2n) is 12.7. The lowest BCUT2D eigenvalue weighted by Crippen LogP contribution is -2.55. The summed E-state index contributed by atoms with van der Waals surface area (Å²) in [6.07, 6.45) is 3.65. The molecule has 0 fully saturated rings. The first-order chi connectivity index (χ1) is 24.1. The number of hydrogen-bond acceptors (Lipinski definition) is 9. The summed E-state index contributed by atoms with van der Waals surface area (Å²) in [6.45, 7) is 6.04. The summed E-state index contributed by atoms with van der Waals surface area (Å²) in [5.74, 6) is -0.210. The molecule has 0 radical (unpaired) electrons. The Labute approximate surface area is 297 Å². The van der Waals surface area contributed by atoms with Gasteiger partial charge in [0.05, 0.1) is 35.6 Å². The highest BCUT2D eigenvalue weighted by Crippen LogP contribution is 2.17. The number of thiazole rings is 1. The molecule has 2 aromatic carbocycles. The molecular formula is C37H48N6O6S. The molecule has 0 aliphatic carbocycles. The Bertz CT molecular complexity index is 1600. The van der Waals surface area contributed by atoms with Crippen LogP contribution in [0.4, 0.5) is 9.59 Å². The number of alkyl carbamates (subject to hydrolysis) is 1. The first-order valence-electron chi connectivity index (χ1n) is 16.9. The van der Waals surface area contributed by atoms with Crippen molar-refractivity contribution in [2.24, 2.45) is 5.92 Å². The minimum absolute atomic E-state index is 0.114. The van der Waals surface area contributed by atoms with Crippen LogP contribution in [0.1, 0.15) is 61.2 Å². The third kappa shape index (κ3) is 12.3. The van der Waals surface area contributed by atoms with Crippen molar-refractivity contribution in [2.45, 2.75) is 90.3 Å². The highest BCUT2D eigenvalue weighted by molar-refractivity contribution is 7.09. The molecule has 0 saturated carbocycles. The highest BCUT2D eigenvalue weighted by Gasteiger charge is 2.31. The zero-order valence-electron chi connectivity index (χ0n) is 29.1. The van der Waals surface area contributed by atoms with E-state index in [-0.39, 0.29) is 30.9 Å². The highest BCUT2D eigenvalue weighted by atomic mass is 32.1. The zero-order chi connectivity index (χ0) is 35.9. The van der Waals surface area contributed by atoms with Gasteiger partial charge < -0.3 is 35.1 Å². The number of carbonyl (C=O) groups excluding carboxylic acids is 3. The predicted molar refractivity (Wildman–Crippen MR) is 191 cm³/mol. The molecule has 0 aliphatic heterocycles. The average Bonchev–Trinajstić information content (AvgIpc) is 3.79. The van der Waals surface area contributed by atoms with E-state index in [0.717, 1.165) is 34.7 Å². The second-order valence-corrected chi connectivity index (χ2v) is 13.6. The number of urea groups is 1. The Morgan fingerprint density at radius 1 is 0.980 bits per heavy atom. The van der Waals surface area contributed by atoms with E-state index in [1.807, 2.05) is 79.9 Å². The van der Waals surface area contributed by atoms with Crippen LogP contribution in [-0.2, 0) is 41.9 Å². The van der Waals surface area contributed by atoms with Crippen LogP contribution in [-0.4, -0.2) is 69.3 Å². The Morgan fingerprint density at radius 2 is 1.66 bits per heavy atom. The molecule has 4 amide bonds. The van der Waals surface area contributed by atoms with E-state index in [2.05, 4.69) is 32.8 Å². The molecule has 12 nitrogen and oxygen atoms in total. The average molecular weight is 705 g/mol. The maximum Gasteiger partial charge on any atom is 0.407 e. The van der Waals surface area contributed by atoms with Crippen molar-refractivity contribution < 1.29 is 28.6 Å². The van der Waals surface area contributed by atoms with Gasteiger partial charge in [-0.15, -0.1) is 11.3 Å². The van der Waals surface area contributed by atoms with Gasteiger partial charge >= 0.3 is 12.1 Å². The van der Waals surface area contributed by atoms with Crippen LogP contribution < -0.4 is 16.0 Å². The number of hydrogen-bond donors (Lipinski definition) is 4. The number of carbonyl (C=O) groups is 3. The van der Waals surface area contributed by atoms with E-state index in [4.69, 9.17) is 9.15 Å². The van der Waals surface area contributed by atoms with Gasteiger partial charge in [0, 0.05) is 18.5 Å². The van der Waals surface area contributed by atoms with Gasteiger partial charge in [0.25, 0.3) is 0 Å². The molecule has 0 aliphatic rings. The van der Waals surface area contributed by atoms with Crippen LogP contribution in [0, 0.1) is 5.92 Å². The molecule has 268 valence electrons. The van der Waals surface area contributed by atoms with E-state index in [1.54, 1.807) is 18.4 Å². The lowest BCUT2D eigenvalue weighted by Gasteiger charge is -2.30. The van der Waals surface area contributed by atoms with Gasteiger partial charge in [-0.2, -0.15) is 0 Å². The van der Waals surface area contributed by atoms with E-state index in [9.17, 15) is 19.5 Å². The summed E-state index contributed by atoms with van der Waals surface area (Å²) in [7, 11) is 1.68. The topological polar surface area (TPSA) is 159 Å². The fourth-order valence-corrected chi connectivity index (χ4v) is 6.37. The summed E-state index contributed by atoms with van der Waals surface area (Å²) in [4.78, 5) is 49.9. The number of amides is 4. The van der Waals surface area contributed by atoms with Crippen molar-refractivity contribution in [3.63, 3.8) is 0 Å². The Balaban J connectivity index is 1.46. The van der Waals surface area contributed by atoms with Crippen molar-refractivity contribution in [2.75, 3.05) is 7.05 Å². The van der Waals surface area contributed by atoms with Crippen LogP contribution in [0.3, 0.4) is 0 Å².